The zero-order chi connectivity index (χ0) is 12.1. The van der Waals surface area contributed by atoms with Crippen molar-refractivity contribution in [2.75, 3.05) is 0 Å². The molecule has 1 amide bonds. The van der Waals surface area contributed by atoms with Gasteiger partial charge in [0, 0.05) is 18.0 Å². The minimum absolute atomic E-state index is 0.0820. The molecule has 2 aliphatic rings. The van der Waals surface area contributed by atoms with Gasteiger partial charge in [-0.2, -0.15) is 0 Å². The third-order valence-corrected chi connectivity index (χ3v) is 4.88. The molecule has 0 spiro atoms. The van der Waals surface area contributed by atoms with Gasteiger partial charge in [0.15, 0.2) is 0 Å². The molecule has 16 heavy (non-hydrogen) atoms. The Kier molecular flexibility index (Phi) is 2.80. The van der Waals surface area contributed by atoms with Crippen molar-refractivity contribution in [3.8, 4) is 0 Å². The Balaban J connectivity index is 2.11. The van der Waals surface area contributed by atoms with Crippen molar-refractivity contribution in [1.82, 2.24) is 4.90 Å². The third-order valence-electron chi connectivity index (χ3n) is 4.88. The van der Waals surface area contributed by atoms with Gasteiger partial charge in [0.25, 0.3) is 0 Å². The molecule has 2 heteroatoms. The van der Waals surface area contributed by atoms with E-state index < -0.39 is 0 Å². The van der Waals surface area contributed by atoms with Crippen LogP contribution in [-0.4, -0.2) is 22.9 Å². The van der Waals surface area contributed by atoms with Crippen LogP contribution >= 0.6 is 0 Å². The highest BCUT2D eigenvalue weighted by atomic mass is 16.2. The van der Waals surface area contributed by atoms with E-state index in [9.17, 15) is 4.79 Å². The Morgan fingerprint density at radius 2 is 1.94 bits per heavy atom. The van der Waals surface area contributed by atoms with Crippen molar-refractivity contribution < 1.29 is 4.79 Å². The maximum atomic E-state index is 12.5. The van der Waals surface area contributed by atoms with Gasteiger partial charge >= 0.3 is 0 Å². The van der Waals surface area contributed by atoms with Crippen molar-refractivity contribution in [3.05, 3.63) is 0 Å². The number of fused-ring (bicyclic) bond motifs is 2. The van der Waals surface area contributed by atoms with Crippen LogP contribution in [0.5, 0.6) is 0 Å². The number of amides is 1. The van der Waals surface area contributed by atoms with Gasteiger partial charge in [-0.3, -0.25) is 4.79 Å². The summed E-state index contributed by atoms with van der Waals surface area (Å²) < 4.78 is 0. The summed E-state index contributed by atoms with van der Waals surface area (Å²) in [7, 11) is 0. The zero-order valence-electron chi connectivity index (χ0n) is 11.3. The highest BCUT2D eigenvalue weighted by Gasteiger charge is 2.47. The first-order valence-corrected chi connectivity index (χ1v) is 6.64. The minimum atomic E-state index is 0.0820. The van der Waals surface area contributed by atoms with Crippen LogP contribution in [0.3, 0.4) is 0 Å². The molecule has 0 aromatic rings. The largest absolute Gasteiger partial charge is 0.336 e. The average Bonchev–Trinajstić information content (AvgIpc) is 2.74. The lowest BCUT2D eigenvalue weighted by Crippen LogP contribution is -2.48. The van der Waals surface area contributed by atoms with Crippen molar-refractivity contribution >= 4 is 5.91 Å². The summed E-state index contributed by atoms with van der Waals surface area (Å²) >= 11 is 0. The van der Waals surface area contributed by atoms with Gasteiger partial charge < -0.3 is 4.90 Å². The molecule has 0 N–H and O–H groups in total. The normalized spacial score (nSPS) is 35.6. The van der Waals surface area contributed by atoms with Crippen LogP contribution in [0.4, 0.5) is 0 Å². The monoisotopic (exact) mass is 223 g/mol. The quantitative estimate of drug-likeness (QED) is 0.669. The standard InChI is InChI=1S/C14H25NO/c1-9(14(3,4)5)13(16)15-10(2)11-6-7-12(15)8-11/h9-12H,6-8H2,1-5H3. The lowest BCUT2D eigenvalue weighted by molar-refractivity contribution is -0.142. The van der Waals surface area contributed by atoms with Crippen LogP contribution in [0.15, 0.2) is 0 Å². The summed E-state index contributed by atoms with van der Waals surface area (Å²) in [6.07, 6.45) is 3.82. The number of likely N-dealkylation sites (tertiary alicyclic amines) is 1. The fourth-order valence-electron chi connectivity index (χ4n) is 3.22. The molecule has 2 rings (SSSR count). The van der Waals surface area contributed by atoms with E-state index in [2.05, 4.69) is 39.5 Å². The Morgan fingerprint density at radius 1 is 1.31 bits per heavy atom. The van der Waals surface area contributed by atoms with Crippen LogP contribution < -0.4 is 0 Å². The number of hydrogen-bond donors (Lipinski definition) is 0. The van der Waals surface area contributed by atoms with Gasteiger partial charge in [-0.1, -0.05) is 27.7 Å². The van der Waals surface area contributed by atoms with Crippen LogP contribution in [0.2, 0.25) is 0 Å². The lowest BCUT2D eigenvalue weighted by Gasteiger charge is -2.38. The molecule has 0 aromatic carbocycles. The first kappa shape index (κ1) is 11.9. The molecule has 2 fully saturated rings. The number of carbonyl (C=O) groups is 1. The van der Waals surface area contributed by atoms with E-state index in [-0.39, 0.29) is 11.3 Å². The van der Waals surface area contributed by atoms with Gasteiger partial charge in [-0.05, 0) is 37.5 Å². The molecule has 1 heterocycles. The molecule has 0 aromatic heterocycles. The molecule has 4 atom stereocenters. The van der Waals surface area contributed by atoms with Crippen molar-refractivity contribution in [2.24, 2.45) is 17.3 Å². The highest BCUT2D eigenvalue weighted by molar-refractivity contribution is 5.80. The van der Waals surface area contributed by atoms with Crippen molar-refractivity contribution in [2.45, 2.75) is 66.0 Å². The van der Waals surface area contributed by atoms with Gasteiger partial charge in [-0.15, -0.1) is 0 Å². The summed E-state index contributed by atoms with van der Waals surface area (Å²) in [6.45, 7) is 10.8. The lowest BCUT2D eigenvalue weighted by atomic mass is 9.80. The predicted molar refractivity (Wildman–Crippen MR) is 66.1 cm³/mol. The number of nitrogens with zero attached hydrogens (tertiary/aromatic N) is 1. The molecule has 2 bridgehead atoms. The van der Waals surface area contributed by atoms with Gasteiger partial charge in [0.1, 0.15) is 0 Å². The van der Waals surface area contributed by atoms with Crippen molar-refractivity contribution in [1.29, 1.82) is 0 Å². The summed E-state index contributed by atoms with van der Waals surface area (Å²) in [5.74, 6) is 1.29. The van der Waals surface area contributed by atoms with Crippen LogP contribution in [0, 0.1) is 17.3 Å². The smallest absolute Gasteiger partial charge is 0.226 e. The molecular formula is C14H25NO. The first-order valence-electron chi connectivity index (χ1n) is 6.64. The first-order chi connectivity index (χ1) is 7.32. The Morgan fingerprint density at radius 3 is 2.38 bits per heavy atom. The number of hydrogen-bond acceptors (Lipinski definition) is 1. The van der Waals surface area contributed by atoms with E-state index in [4.69, 9.17) is 0 Å². The molecule has 1 saturated carbocycles. The van der Waals surface area contributed by atoms with Gasteiger partial charge in [-0.25, -0.2) is 0 Å². The van der Waals surface area contributed by atoms with Crippen LogP contribution in [0.1, 0.15) is 53.9 Å². The summed E-state index contributed by atoms with van der Waals surface area (Å²) in [5.41, 5.74) is 0.0820. The molecule has 1 aliphatic carbocycles. The Labute approximate surface area is 99.4 Å². The molecule has 4 unspecified atom stereocenters. The van der Waals surface area contributed by atoms with E-state index in [1.165, 1.54) is 19.3 Å². The maximum Gasteiger partial charge on any atom is 0.226 e. The summed E-state index contributed by atoms with van der Waals surface area (Å²) in [5, 5.41) is 0. The van der Waals surface area contributed by atoms with E-state index in [1.54, 1.807) is 0 Å². The number of rotatable bonds is 1. The molecule has 0 radical (unpaired) electrons. The number of carbonyl (C=O) groups excluding carboxylic acids is 1. The summed E-state index contributed by atoms with van der Waals surface area (Å²) in [6, 6.07) is 1.04. The zero-order valence-corrected chi connectivity index (χ0v) is 11.3. The van der Waals surface area contributed by atoms with Crippen LogP contribution in [-0.2, 0) is 4.79 Å². The Bertz CT molecular complexity index is 290. The van der Waals surface area contributed by atoms with Gasteiger partial charge in [0.2, 0.25) is 5.91 Å². The topological polar surface area (TPSA) is 20.3 Å². The van der Waals surface area contributed by atoms with Gasteiger partial charge in [0.05, 0.1) is 0 Å². The fraction of sp³-hybridized carbons (Fsp3) is 0.929. The third kappa shape index (κ3) is 1.76. The molecule has 2 nitrogen and oxygen atoms in total. The number of piperidine rings is 1. The minimum Gasteiger partial charge on any atom is -0.336 e. The average molecular weight is 223 g/mol. The molecule has 92 valence electrons. The summed E-state index contributed by atoms with van der Waals surface area (Å²) in [4.78, 5) is 14.7. The van der Waals surface area contributed by atoms with E-state index in [0.717, 1.165) is 5.92 Å². The molecule has 1 saturated heterocycles. The second-order valence-corrected chi connectivity index (χ2v) is 6.80. The fourth-order valence-corrected chi connectivity index (χ4v) is 3.22. The molecule has 1 aliphatic heterocycles. The maximum absolute atomic E-state index is 12.5. The Hall–Kier alpha value is -0.530. The second-order valence-electron chi connectivity index (χ2n) is 6.80. The second kappa shape index (κ2) is 3.75. The SMILES string of the molecule is CC1C2CCC(C2)N1C(=O)C(C)C(C)(C)C. The van der Waals surface area contributed by atoms with Crippen LogP contribution in [0.25, 0.3) is 0 Å². The van der Waals surface area contributed by atoms with E-state index in [0.29, 0.717) is 18.0 Å². The highest BCUT2D eigenvalue weighted by Crippen LogP contribution is 2.43. The van der Waals surface area contributed by atoms with Crippen molar-refractivity contribution in [3.63, 3.8) is 0 Å². The van der Waals surface area contributed by atoms with E-state index in [1.807, 2.05) is 0 Å². The molecular weight excluding hydrogens is 198 g/mol. The predicted octanol–water partition coefficient (Wildman–Crippen LogP) is 3.07. The van der Waals surface area contributed by atoms with E-state index >= 15 is 0 Å².